The maximum atomic E-state index is 6.64. The minimum Gasteiger partial charge on any atom is -0.503 e. The second-order valence-corrected chi connectivity index (χ2v) is 14.6. The Kier molecular flexibility index (Phi) is 7.40. The van der Waals surface area contributed by atoms with E-state index in [1.807, 2.05) is 42.6 Å². The Labute approximate surface area is 318 Å². The fourth-order valence-corrected chi connectivity index (χ4v) is 8.20. The van der Waals surface area contributed by atoms with Crippen molar-refractivity contribution in [1.29, 1.82) is 0 Å². The summed E-state index contributed by atoms with van der Waals surface area (Å²) in [6.07, 6.45) is 3.89. The maximum Gasteiger partial charge on any atom is 2.00 e. The summed E-state index contributed by atoms with van der Waals surface area (Å²) in [5.74, 6) is 2.03. The summed E-state index contributed by atoms with van der Waals surface area (Å²) in [5.41, 5.74) is 8.61. The largest absolute Gasteiger partial charge is 2.00 e. The molecule has 52 heavy (non-hydrogen) atoms. The van der Waals surface area contributed by atoms with Crippen molar-refractivity contribution in [1.82, 2.24) is 14.4 Å². The second-order valence-electron chi connectivity index (χ2n) is 14.6. The third kappa shape index (κ3) is 4.55. The van der Waals surface area contributed by atoms with Crippen LogP contribution in [0.15, 0.2) is 134 Å². The molecule has 0 aliphatic carbocycles. The molecule has 2 aliphatic rings. The quantitative estimate of drug-likeness (QED) is 0.0981. The number of nitrogens with zero attached hydrogens (tertiary/aromatic N) is 5. The molecule has 8 heteroatoms. The van der Waals surface area contributed by atoms with E-state index in [0.717, 1.165) is 44.8 Å². The number of fused-ring (bicyclic) bond motifs is 4. The fraction of sp³-hybridized carbons (Fsp3) is 0.136. The number of ether oxygens (including phenoxy) is 1. The van der Waals surface area contributed by atoms with Crippen molar-refractivity contribution in [3.8, 4) is 11.5 Å². The first kappa shape index (κ1) is 32.5. The van der Waals surface area contributed by atoms with E-state index in [4.69, 9.17) is 14.7 Å². The van der Waals surface area contributed by atoms with E-state index in [1.165, 1.54) is 22.2 Å². The van der Waals surface area contributed by atoms with Crippen molar-refractivity contribution in [2.75, 3.05) is 9.62 Å². The number of pyridine rings is 2. The molecule has 0 spiro atoms. The van der Waals surface area contributed by atoms with Crippen molar-refractivity contribution in [2.24, 2.45) is 0 Å². The molecule has 6 nitrogen and oxygen atoms in total. The first-order valence-electron chi connectivity index (χ1n) is 17.5. The summed E-state index contributed by atoms with van der Waals surface area (Å²) in [4.78, 5) is 14.4. The molecule has 5 aromatic carbocycles. The van der Waals surface area contributed by atoms with Gasteiger partial charge in [-0.25, -0.2) is 4.98 Å². The van der Waals surface area contributed by atoms with Crippen LogP contribution in [0.2, 0.25) is 0 Å². The number of hydrogen-bond donors (Lipinski definition) is 0. The van der Waals surface area contributed by atoms with Crippen molar-refractivity contribution in [3.05, 3.63) is 157 Å². The summed E-state index contributed by atoms with van der Waals surface area (Å²) in [6.45, 7) is 9.16. The van der Waals surface area contributed by atoms with E-state index in [-0.39, 0.29) is 38.9 Å². The third-order valence-electron chi connectivity index (χ3n) is 11.4. The Morgan fingerprint density at radius 2 is 1.38 bits per heavy atom. The smallest absolute Gasteiger partial charge is 0.503 e. The fourth-order valence-electron chi connectivity index (χ4n) is 8.20. The summed E-state index contributed by atoms with van der Waals surface area (Å²) in [5, 5.41) is 3.25. The van der Waals surface area contributed by atoms with Crippen molar-refractivity contribution in [3.63, 3.8) is 0 Å². The van der Waals surface area contributed by atoms with Gasteiger partial charge in [0.15, 0.2) is 0 Å². The van der Waals surface area contributed by atoms with E-state index in [2.05, 4.69) is 145 Å². The van der Waals surface area contributed by atoms with Gasteiger partial charge in [-0.15, -0.1) is 30.3 Å². The Balaban J connectivity index is 0.00000360. The Hall–Kier alpha value is -5.39. The van der Waals surface area contributed by atoms with Gasteiger partial charge in [0.1, 0.15) is 5.82 Å². The predicted octanol–water partition coefficient (Wildman–Crippen LogP) is 9.68. The van der Waals surface area contributed by atoms with Crippen LogP contribution < -0.4 is 19.8 Å². The van der Waals surface area contributed by atoms with Crippen LogP contribution in [0.4, 0.5) is 22.9 Å². The van der Waals surface area contributed by atoms with Crippen LogP contribution in [-0.2, 0) is 31.9 Å². The van der Waals surface area contributed by atoms with Crippen LogP contribution in [0.5, 0.6) is 11.5 Å². The normalized spacial score (nSPS) is 15.3. The Bertz CT molecular complexity index is 2640. The SMILES string of the molecule is CC1(C)c2cccc3c4ccc(Oc5[c-]c6c(cc5)N(c5ccccc5)B(c5ccccc5)N6c5ccccn5)[c-]c4c4ncc(n4c23)C1(C)C.[Pt+2]. The average molecular weight is 855 g/mol. The Morgan fingerprint density at radius 3 is 2.15 bits per heavy atom. The van der Waals surface area contributed by atoms with Crippen molar-refractivity contribution >= 4 is 62.6 Å². The van der Waals surface area contributed by atoms with Crippen LogP contribution in [0.1, 0.15) is 39.0 Å². The number of aromatic nitrogens is 3. The molecule has 8 aromatic rings. The molecule has 5 heterocycles. The molecular weight excluding hydrogens is 820 g/mol. The minimum atomic E-state index is -0.189. The Morgan fingerprint density at radius 1 is 0.654 bits per heavy atom. The zero-order chi connectivity index (χ0) is 34.5. The molecule has 0 radical (unpaired) electrons. The number of benzene rings is 5. The molecule has 10 rings (SSSR count). The number of anilines is 4. The van der Waals surface area contributed by atoms with E-state index in [1.54, 1.807) is 0 Å². The monoisotopic (exact) mass is 854 g/mol. The number of rotatable bonds is 5. The summed E-state index contributed by atoms with van der Waals surface area (Å²) in [7, 11) is 0. The van der Waals surface area contributed by atoms with Crippen LogP contribution in [-0.4, -0.2) is 21.4 Å². The van der Waals surface area contributed by atoms with E-state index >= 15 is 0 Å². The van der Waals surface area contributed by atoms with E-state index < -0.39 is 0 Å². The van der Waals surface area contributed by atoms with Crippen LogP contribution >= 0.6 is 0 Å². The number of imidazole rings is 1. The maximum absolute atomic E-state index is 6.64. The molecule has 2 aliphatic heterocycles. The van der Waals surface area contributed by atoms with Gasteiger partial charge in [0.2, 0.25) is 0 Å². The zero-order valence-corrected chi connectivity index (χ0v) is 31.5. The van der Waals surface area contributed by atoms with Gasteiger partial charge in [0.25, 0.3) is 0 Å². The van der Waals surface area contributed by atoms with Crippen molar-refractivity contribution in [2.45, 2.75) is 38.5 Å². The molecular formula is C44H34BN5OPt. The van der Waals surface area contributed by atoms with Gasteiger partial charge in [-0.05, 0) is 40.7 Å². The summed E-state index contributed by atoms with van der Waals surface area (Å²) >= 11 is 0. The molecule has 3 aromatic heterocycles. The topological polar surface area (TPSA) is 45.9 Å². The standard InChI is InChI=1S/C44H34BN5O.Pt/c1-43(2)36-19-13-18-34-33-23-21-31(26-35(33)42-47-28-39(44(43,3)4)48(42)41(34)36)51-32-22-24-37-38(27-32)50(40-20-11-12-25-46-40)45(29-14-7-5-8-15-29)49(37)30-16-9-6-10-17-30;/h5-25,28H,1-4H3;/q-2;+2. The first-order valence-corrected chi connectivity index (χ1v) is 17.5. The second kappa shape index (κ2) is 11.8. The molecule has 0 amide bonds. The molecule has 0 atom stereocenters. The number of hydrogen-bond acceptors (Lipinski definition) is 5. The molecule has 0 saturated carbocycles. The summed E-state index contributed by atoms with van der Waals surface area (Å²) in [6, 6.07) is 49.3. The molecule has 0 bridgehead atoms. The molecule has 0 saturated heterocycles. The molecule has 0 fully saturated rings. The van der Waals surface area contributed by atoms with Gasteiger partial charge >= 0.3 is 28.0 Å². The molecule has 254 valence electrons. The van der Waals surface area contributed by atoms with Gasteiger partial charge in [0, 0.05) is 51.6 Å². The predicted molar refractivity (Wildman–Crippen MR) is 207 cm³/mol. The van der Waals surface area contributed by atoms with Gasteiger partial charge < -0.3 is 18.8 Å². The van der Waals surface area contributed by atoms with E-state index in [0.29, 0.717) is 11.5 Å². The number of para-hydroxylation sites is 2. The van der Waals surface area contributed by atoms with E-state index in [9.17, 15) is 0 Å². The van der Waals surface area contributed by atoms with Crippen molar-refractivity contribution < 1.29 is 25.8 Å². The zero-order valence-electron chi connectivity index (χ0n) is 29.2. The van der Waals surface area contributed by atoms with Gasteiger partial charge in [0.05, 0.1) is 5.65 Å². The van der Waals surface area contributed by atoms with Gasteiger partial charge in [-0.1, -0.05) is 129 Å². The molecule has 0 unspecified atom stereocenters. The van der Waals surface area contributed by atoms with Crippen LogP contribution in [0, 0.1) is 12.1 Å². The summed E-state index contributed by atoms with van der Waals surface area (Å²) < 4.78 is 9.00. The minimum absolute atomic E-state index is 0. The molecule has 0 N–H and O–H groups in total. The third-order valence-corrected chi connectivity index (χ3v) is 11.4. The van der Waals surface area contributed by atoms with Gasteiger partial charge in [-0.2, -0.15) is 0 Å². The first-order chi connectivity index (χ1) is 24.8. The van der Waals surface area contributed by atoms with Crippen LogP contribution in [0.3, 0.4) is 0 Å². The average Bonchev–Trinajstić information content (AvgIpc) is 3.76. The van der Waals surface area contributed by atoms with Crippen LogP contribution in [0.25, 0.3) is 27.3 Å². The van der Waals surface area contributed by atoms with Gasteiger partial charge in [-0.3, -0.25) is 4.98 Å².